The first-order valence-electron chi connectivity index (χ1n) is 7.69. The van der Waals surface area contributed by atoms with Crippen LogP contribution in [-0.4, -0.2) is 18.9 Å². The van der Waals surface area contributed by atoms with Crippen LogP contribution in [0.15, 0.2) is 42.5 Å². The van der Waals surface area contributed by atoms with Gasteiger partial charge in [-0.3, -0.25) is 4.79 Å². The van der Waals surface area contributed by atoms with Gasteiger partial charge in [-0.1, -0.05) is 18.2 Å². The second kappa shape index (κ2) is 6.53. The third-order valence-corrected chi connectivity index (χ3v) is 4.15. The third kappa shape index (κ3) is 3.19. The summed E-state index contributed by atoms with van der Waals surface area (Å²) in [4.78, 5) is 11.8. The fraction of sp³-hybridized carbons (Fsp3) is 0.263. The molecule has 1 unspecified atom stereocenters. The van der Waals surface area contributed by atoms with Gasteiger partial charge in [0.05, 0.1) is 18.2 Å². The van der Waals surface area contributed by atoms with Crippen molar-refractivity contribution in [1.29, 1.82) is 5.26 Å². The summed E-state index contributed by atoms with van der Waals surface area (Å²) < 4.78 is 5.68. The van der Waals surface area contributed by atoms with Gasteiger partial charge < -0.3 is 10.1 Å². The zero-order valence-corrected chi connectivity index (χ0v) is 13.0. The molecule has 1 atom stereocenters. The quantitative estimate of drug-likeness (QED) is 0.874. The average Bonchev–Trinajstić information content (AvgIpc) is 2.59. The number of nitriles is 1. The van der Waals surface area contributed by atoms with Gasteiger partial charge in [0.15, 0.2) is 5.78 Å². The van der Waals surface area contributed by atoms with Gasteiger partial charge in [0.25, 0.3) is 0 Å². The Hall–Kier alpha value is -2.80. The van der Waals surface area contributed by atoms with Crippen molar-refractivity contribution >= 4 is 11.5 Å². The minimum atomic E-state index is -0.00984. The van der Waals surface area contributed by atoms with Crippen molar-refractivity contribution in [2.24, 2.45) is 0 Å². The summed E-state index contributed by atoms with van der Waals surface area (Å²) in [6.45, 7) is 2.94. The molecule has 0 aromatic heterocycles. The fourth-order valence-electron chi connectivity index (χ4n) is 2.93. The summed E-state index contributed by atoms with van der Waals surface area (Å²) in [7, 11) is 0. The summed E-state index contributed by atoms with van der Waals surface area (Å²) in [6.07, 6.45) is 0.928. The Morgan fingerprint density at radius 3 is 2.96 bits per heavy atom. The van der Waals surface area contributed by atoms with E-state index in [0.29, 0.717) is 30.2 Å². The van der Waals surface area contributed by atoms with Crippen LogP contribution < -0.4 is 10.1 Å². The number of para-hydroxylation sites is 1. The highest BCUT2D eigenvalue weighted by Gasteiger charge is 2.21. The SMILES string of the molecule is CC(=O)c1ccc(C#N)cc1NCC1CCOc2ccccc21. The number of ketones is 1. The van der Waals surface area contributed by atoms with E-state index in [9.17, 15) is 4.79 Å². The Morgan fingerprint density at radius 1 is 1.35 bits per heavy atom. The average molecular weight is 306 g/mol. The predicted octanol–water partition coefficient (Wildman–Crippen LogP) is 3.74. The Labute approximate surface area is 135 Å². The smallest absolute Gasteiger partial charge is 0.161 e. The first-order valence-corrected chi connectivity index (χ1v) is 7.69. The standard InChI is InChI=1S/C19H18N2O2/c1-13(22)16-7-6-14(11-20)10-18(16)21-12-15-8-9-23-19-5-3-2-4-17(15)19/h2-7,10,15,21H,8-9,12H2,1H3. The van der Waals surface area contributed by atoms with Crippen LogP contribution in [0.25, 0.3) is 0 Å². The number of nitrogens with zero attached hydrogens (tertiary/aromatic N) is 1. The highest BCUT2D eigenvalue weighted by Crippen LogP contribution is 2.33. The molecular weight excluding hydrogens is 288 g/mol. The second-order valence-electron chi connectivity index (χ2n) is 5.68. The van der Waals surface area contributed by atoms with Crippen LogP contribution in [0.1, 0.15) is 40.7 Å². The molecule has 1 aliphatic heterocycles. The van der Waals surface area contributed by atoms with Gasteiger partial charge in [-0.2, -0.15) is 5.26 Å². The maximum absolute atomic E-state index is 11.8. The molecule has 0 fully saturated rings. The number of carbonyl (C=O) groups is 1. The van der Waals surface area contributed by atoms with Crippen LogP contribution in [0, 0.1) is 11.3 Å². The maximum Gasteiger partial charge on any atom is 0.161 e. The van der Waals surface area contributed by atoms with E-state index in [2.05, 4.69) is 17.5 Å². The monoisotopic (exact) mass is 306 g/mol. The number of rotatable bonds is 4. The molecule has 0 saturated heterocycles. The molecule has 4 nitrogen and oxygen atoms in total. The van der Waals surface area contributed by atoms with Crippen molar-refractivity contribution < 1.29 is 9.53 Å². The Bertz CT molecular complexity index is 777. The van der Waals surface area contributed by atoms with E-state index in [1.807, 2.05) is 18.2 Å². The number of benzene rings is 2. The molecule has 116 valence electrons. The van der Waals surface area contributed by atoms with Gasteiger partial charge in [0.2, 0.25) is 0 Å². The molecule has 0 spiro atoms. The van der Waals surface area contributed by atoms with Crippen LogP contribution in [-0.2, 0) is 0 Å². The van der Waals surface area contributed by atoms with E-state index in [0.717, 1.165) is 17.9 Å². The van der Waals surface area contributed by atoms with Gasteiger partial charge in [-0.05, 0) is 43.2 Å². The number of fused-ring (bicyclic) bond motifs is 1. The molecule has 1 aliphatic rings. The maximum atomic E-state index is 11.8. The Morgan fingerprint density at radius 2 is 2.17 bits per heavy atom. The molecule has 0 amide bonds. The summed E-state index contributed by atoms with van der Waals surface area (Å²) >= 11 is 0. The molecule has 0 aliphatic carbocycles. The Kier molecular flexibility index (Phi) is 4.29. The molecule has 1 N–H and O–H groups in total. The lowest BCUT2D eigenvalue weighted by atomic mass is 9.93. The van der Waals surface area contributed by atoms with E-state index in [1.165, 1.54) is 12.5 Å². The molecule has 1 heterocycles. The lowest BCUT2D eigenvalue weighted by Crippen LogP contribution is -2.21. The van der Waals surface area contributed by atoms with E-state index >= 15 is 0 Å². The number of anilines is 1. The van der Waals surface area contributed by atoms with E-state index in [4.69, 9.17) is 10.00 Å². The second-order valence-corrected chi connectivity index (χ2v) is 5.68. The zero-order valence-electron chi connectivity index (χ0n) is 13.0. The predicted molar refractivity (Wildman–Crippen MR) is 88.9 cm³/mol. The van der Waals surface area contributed by atoms with Gasteiger partial charge in [-0.25, -0.2) is 0 Å². The summed E-state index contributed by atoms with van der Waals surface area (Å²) in [5, 5.41) is 12.4. The summed E-state index contributed by atoms with van der Waals surface area (Å²) in [5.74, 6) is 1.25. The first-order chi connectivity index (χ1) is 11.2. The lowest BCUT2D eigenvalue weighted by molar-refractivity contribution is 0.101. The normalized spacial score (nSPS) is 15.9. The van der Waals surface area contributed by atoms with Crippen molar-refractivity contribution in [3.63, 3.8) is 0 Å². The highest BCUT2D eigenvalue weighted by atomic mass is 16.5. The van der Waals surface area contributed by atoms with Crippen molar-refractivity contribution in [2.45, 2.75) is 19.3 Å². The van der Waals surface area contributed by atoms with Crippen LogP contribution in [0.3, 0.4) is 0 Å². The van der Waals surface area contributed by atoms with Gasteiger partial charge >= 0.3 is 0 Å². The molecule has 2 aromatic carbocycles. The molecule has 3 rings (SSSR count). The zero-order chi connectivity index (χ0) is 16.2. The number of hydrogen-bond acceptors (Lipinski definition) is 4. The molecule has 0 radical (unpaired) electrons. The molecule has 4 heteroatoms. The van der Waals surface area contributed by atoms with Crippen molar-refractivity contribution in [2.75, 3.05) is 18.5 Å². The lowest BCUT2D eigenvalue weighted by Gasteiger charge is -2.26. The van der Waals surface area contributed by atoms with Crippen molar-refractivity contribution in [1.82, 2.24) is 0 Å². The van der Waals surface area contributed by atoms with Gasteiger partial charge in [0, 0.05) is 23.7 Å². The fourth-order valence-corrected chi connectivity index (χ4v) is 2.93. The summed E-state index contributed by atoms with van der Waals surface area (Å²) in [5.41, 5.74) is 3.07. The highest BCUT2D eigenvalue weighted by molar-refractivity contribution is 5.99. The van der Waals surface area contributed by atoms with Crippen LogP contribution in [0.2, 0.25) is 0 Å². The van der Waals surface area contributed by atoms with E-state index in [1.54, 1.807) is 18.2 Å². The first kappa shape index (κ1) is 15.1. The van der Waals surface area contributed by atoms with E-state index in [-0.39, 0.29) is 5.78 Å². The Balaban J connectivity index is 1.82. The molecule has 2 aromatic rings. The minimum absolute atomic E-state index is 0.00984. The van der Waals surface area contributed by atoms with Crippen LogP contribution in [0.4, 0.5) is 5.69 Å². The van der Waals surface area contributed by atoms with Gasteiger partial charge in [-0.15, -0.1) is 0 Å². The number of nitrogens with one attached hydrogen (secondary N) is 1. The van der Waals surface area contributed by atoms with Crippen LogP contribution >= 0.6 is 0 Å². The number of Topliss-reactive ketones (excluding diaryl/α,β-unsaturated/α-hetero) is 1. The molecular formula is C19H18N2O2. The van der Waals surface area contributed by atoms with E-state index < -0.39 is 0 Å². The third-order valence-electron chi connectivity index (χ3n) is 4.15. The molecule has 0 bridgehead atoms. The largest absolute Gasteiger partial charge is 0.493 e. The number of hydrogen-bond donors (Lipinski definition) is 1. The van der Waals surface area contributed by atoms with Crippen LogP contribution in [0.5, 0.6) is 5.75 Å². The minimum Gasteiger partial charge on any atom is -0.493 e. The number of carbonyl (C=O) groups excluding carboxylic acids is 1. The van der Waals surface area contributed by atoms with Crippen molar-refractivity contribution in [3.05, 3.63) is 59.2 Å². The molecule has 0 saturated carbocycles. The topological polar surface area (TPSA) is 62.1 Å². The summed E-state index contributed by atoms with van der Waals surface area (Å²) in [6, 6.07) is 15.3. The van der Waals surface area contributed by atoms with Gasteiger partial charge in [0.1, 0.15) is 5.75 Å². The molecule has 23 heavy (non-hydrogen) atoms. The number of ether oxygens (including phenoxy) is 1. The van der Waals surface area contributed by atoms with Crippen molar-refractivity contribution in [3.8, 4) is 11.8 Å².